The summed E-state index contributed by atoms with van der Waals surface area (Å²) in [6, 6.07) is 0.441. The molecule has 0 saturated heterocycles. The maximum absolute atomic E-state index is 11.6. The predicted molar refractivity (Wildman–Crippen MR) is 75.8 cm³/mol. The molecule has 4 heteroatoms. The van der Waals surface area contributed by atoms with Crippen LogP contribution in [0.4, 0.5) is 0 Å². The molecule has 0 aromatic rings. The summed E-state index contributed by atoms with van der Waals surface area (Å²) >= 11 is 0. The Labute approximate surface area is 116 Å². The largest absolute Gasteiger partial charge is 0.373 e. The molecule has 0 radical (unpaired) electrons. The van der Waals surface area contributed by atoms with Gasteiger partial charge in [-0.3, -0.25) is 4.79 Å². The summed E-state index contributed by atoms with van der Waals surface area (Å²) in [5.74, 6) is 0.957. The van der Waals surface area contributed by atoms with Crippen molar-refractivity contribution in [1.82, 2.24) is 5.32 Å². The number of rotatable bonds is 7. The van der Waals surface area contributed by atoms with E-state index in [0.717, 1.165) is 31.6 Å². The van der Waals surface area contributed by atoms with Gasteiger partial charge in [0.15, 0.2) is 0 Å². The molecular weight excluding hydrogens is 240 g/mol. The van der Waals surface area contributed by atoms with Crippen molar-refractivity contribution in [1.29, 1.82) is 0 Å². The van der Waals surface area contributed by atoms with Crippen LogP contribution in [0.1, 0.15) is 58.3 Å². The van der Waals surface area contributed by atoms with Crippen molar-refractivity contribution in [2.45, 2.75) is 69.9 Å². The van der Waals surface area contributed by atoms with Crippen LogP contribution in [0.15, 0.2) is 0 Å². The van der Waals surface area contributed by atoms with Crippen molar-refractivity contribution in [3.05, 3.63) is 0 Å². The molecule has 0 spiro atoms. The smallest absolute Gasteiger partial charge is 0.222 e. The van der Waals surface area contributed by atoms with Crippen LogP contribution in [0.2, 0.25) is 0 Å². The van der Waals surface area contributed by atoms with E-state index >= 15 is 0 Å². The second-order valence-electron chi connectivity index (χ2n) is 6.18. The van der Waals surface area contributed by atoms with E-state index in [0.29, 0.717) is 25.6 Å². The highest BCUT2D eigenvalue weighted by Gasteiger charge is 2.34. The fourth-order valence-corrected chi connectivity index (χ4v) is 2.91. The van der Waals surface area contributed by atoms with E-state index < -0.39 is 0 Å². The van der Waals surface area contributed by atoms with Crippen molar-refractivity contribution in [2.24, 2.45) is 11.7 Å². The molecule has 0 aromatic heterocycles. The highest BCUT2D eigenvalue weighted by atomic mass is 16.5. The predicted octanol–water partition coefficient (Wildman–Crippen LogP) is 1.97. The Bertz CT molecular complexity index is 295. The highest BCUT2D eigenvalue weighted by Crippen LogP contribution is 2.35. The van der Waals surface area contributed by atoms with Gasteiger partial charge in [-0.1, -0.05) is 13.3 Å². The van der Waals surface area contributed by atoms with E-state index in [1.165, 1.54) is 19.3 Å². The third-order valence-corrected chi connectivity index (χ3v) is 4.65. The summed E-state index contributed by atoms with van der Waals surface area (Å²) in [5.41, 5.74) is 5.75. The lowest BCUT2D eigenvalue weighted by Gasteiger charge is -2.39. The van der Waals surface area contributed by atoms with Crippen LogP contribution in [0.3, 0.4) is 0 Å². The van der Waals surface area contributed by atoms with E-state index in [2.05, 4.69) is 12.2 Å². The van der Waals surface area contributed by atoms with Crippen LogP contribution >= 0.6 is 0 Å². The molecule has 2 aliphatic rings. The minimum atomic E-state index is -0.161. The van der Waals surface area contributed by atoms with E-state index in [1.54, 1.807) is 0 Å². The first-order valence-corrected chi connectivity index (χ1v) is 7.81. The lowest BCUT2D eigenvalue weighted by Crippen LogP contribution is -2.44. The van der Waals surface area contributed by atoms with Gasteiger partial charge < -0.3 is 15.8 Å². The van der Waals surface area contributed by atoms with Crippen molar-refractivity contribution in [3.63, 3.8) is 0 Å². The summed E-state index contributed by atoms with van der Waals surface area (Å²) in [5, 5.41) is 2.99. The lowest BCUT2D eigenvalue weighted by atomic mass is 9.77. The van der Waals surface area contributed by atoms with Crippen LogP contribution in [-0.4, -0.2) is 30.7 Å². The Morgan fingerprint density at radius 1 is 1.32 bits per heavy atom. The normalized spacial score (nSPS) is 31.2. The van der Waals surface area contributed by atoms with Gasteiger partial charge in [-0.25, -0.2) is 0 Å². The third-order valence-electron chi connectivity index (χ3n) is 4.65. The Morgan fingerprint density at radius 2 is 2.00 bits per heavy atom. The first kappa shape index (κ1) is 14.8. The van der Waals surface area contributed by atoms with Gasteiger partial charge in [0.1, 0.15) is 0 Å². The SMILES string of the molecule is CCC1CCC(CN)(OCCC(=O)NC2CC2)CC1. The Balaban J connectivity index is 1.68. The van der Waals surface area contributed by atoms with Gasteiger partial charge in [0.2, 0.25) is 5.91 Å². The second-order valence-corrected chi connectivity index (χ2v) is 6.18. The van der Waals surface area contributed by atoms with E-state index in [9.17, 15) is 4.79 Å². The maximum Gasteiger partial charge on any atom is 0.222 e. The molecule has 0 bridgehead atoms. The van der Waals surface area contributed by atoms with Gasteiger partial charge in [0.25, 0.3) is 0 Å². The molecule has 3 N–H and O–H groups in total. The Kier molecular flexibility index (Phi) is 5.22. The molecule has 1 amide bonds. The molecule has 0 heterocycles. The number of hydrogen-bond donors (Lipinski definition) is 2. The van der Waals surface area contributed by atoms with Crippen molar-refractivity contribution >= 4 is 5.91 Å². The molecule has 0 aliphatic heterocycles. The van der Waals surface area contributed by atoms with Crippen LogP contribution < -0.4 is 11.1 Å². The minimum Gasteiger partial charge on any atom is -0.373 e. The van der Waals surface area contributed by atoms with E-state index in [1.807, 2.05) is 0 Å². The van der Waals surface area contributed by atoms with E-state index in [4.69, 9.17) is 10.5 Å². The monoisotopic (exact) mass is 268 g/mol. The van der Waals surface area contributed by atoms with Crippen molar-refractivity contribution < 1.29 is 9.53 Å². The zero-order chi connectivity index (χ0) is 13.7. The Morgan fingerprint density at radius 3 is 2.53 bits per heavy atom. The summed E-state index contributed by atoms with van der Waals surface area (Å²) in [7, 11) is 0. The molecular formula is C15H28N2O2. The zero-order valence-electron chi connectivity index (χ0n) is 12.1. The fraction of sp³-hybridized carbons (Fsp3) is 0.933. The summed E-state index contributed by atoms with van der Waals surface area (Å²) in [6.45, 7) is 3.34. The van der Waals surface area contributed by atoms with Crippen molar-refractivity contribution in [2.75, 3.05) is 13.2 Å². The van der Waals surface area contributed by atoms with Crippen LogP contribution in [0, 0.1) is 5.92 Å². The highest BCUT2D eigenvalue weighted by molar-refractivity contribution is 5.76. The maximum atomic E-state index is 11.6. The second kappa shape index (κ2) is 6.71. The third kappa shape index (κ3) is 4.46. The summed E-state index contributed by atoms with van der Waals surface area (Å²) in [6.07, 6.45) is 8.51. The average molecular weight is 268 g/mol. The number of ether oxygens (including phenoxy) is 1. The van der Waals surface area contributed by atoms with E-state index in [-0.39, 0.29) is 11.5 Å². The molecule has 0 unspecified atom stereocenters. The number of carbonyl (C=O) groups is 1. The summed E-state index contributed by atoms with van der Waals surface area (Å²) in [4.78, 5) is 11.6. The molecule has 2 saturated carbocycles. The molecule has 110 valence electrons. The lowest BCUT2D eigenvalue weighted by molar-refractivity contribution is -0.125. The molecule has 2 rings (SSSR count). The quantitative estimate of drug-likeness (QED) is 0.742. The standard InChI is InChI=1S/C15H28N2O2/c1-2-12-5-8-15(11-16,9-6-12)19-10-7-14(18)17-13-3-4-13/h12-13H,2-11,16H2,1H3,(H,17,18). The number of nitrogens with two attached hydrogens (primary N) is 1. The minimum absolute atomic E-state index is 0.122. The summed E-state index contributed by atoms with van der Waals surface area (Å²) < 4.78 is 6.00. The van der Waals surface area contributed by atoms with Crippen LogP contribution in [0.25, 0.3) is 0 Å². The fourth-order valence-electron chi connectivity index (χ4n) is 2.91. The average Bonchev–Trinajstić information content (AvgIpc) is 3.23. The molecule has 2 fully saturated rings. The molecule has 0 atom stereocenters. The number of carbonyl (C=O) groups excluding carboxylic acids is 1. The molecule has 4 nitrogen and oxygen atoms in total. The molecule has 19 heavy (non-hydrogen) atoms. The van der Waals surface area contributed by atoms with Gasteiger partial charge in [0, 0.05) is 19.0 Å². The molecule has 0 aromatic carbocycles. The van der Waals surface area contributed by atoms with Crippen molar-refractivity contribution in [3.8, 4) is 0 Å². The Hall–Kier alpha value is -0.610. The number of hydrogen-bond acceptors (Lipinski definition) is 3. The van der Waals surface area contributed by atoms with Crippen LogP contribution in [-0.2, 0) is 9.53 Å². The van der Waals surface area contributed by atoms with Gasteiger partial charge in [0.05, 0.1) is 12.2 Å². The number of amides is 1. The first-order chi connectivity index (χ1) is 9.17. The van der Waals surface area contributed by atoms with Crippen LogP contribution in [0.5, 0.6) is 0 Å². The topological polar surface area (TPSA) is 64.3 Å². The van der Waals surface area contributed by atoms with Gasteiger partial charge in [-0.05, 0) is 44.4 Å². The number of nitrogens with one attached hydrogen (secondary N) is 1. The zero-order valence-corrected chi connectivity index (χ0v) is 12.1. The van der Waals surface area contributed by atoms with Gasteiger partial charge in [-0.15, -0.1) is 0 Å². The van der Waals surface area contributed by atoms with Gasteiger partial charge in [-0.2, -0.15) is 0 Å². The molecule has 2 aliphatic carbocycles. The first-order valence-electron chi connectivity index (χ1n) is 7.81. The van der Waals surface area contributed by atoms with Gasteiger partial charge >= 0.3 is 0 Å².